The third-order valence-electron chi connectivity index (χ3n) is 6.44. The molecule has 0 spiro atoms. The lowest BCUT2D eigenvalue weighted by molar-refractivity contribution is -0.138. The van der Waals surface area contributed by atoms with Crippen LogP contribution in [-0.2, 0) is 41.6 Å². The van der Waals surface area contributed by atoms with Crippen LogP contribution in [0.4, 0.5) is 0 Å². The van der Waals surface area contributed by atoms with Crippen LogP contribution >= 0.6 is 0 Å². The van der Waals surface area contributed by atoms with Crippen molar-refractivity contribution in [3.05, 3.63) is 106 Å². The molecular formula is C32H38O3. The number of ether oxygens (including phenoxy) is 1. The lowest BCUT2D eigenvalue weighted by Crippen LogP contribution is -2.09. The van der Waals surface area contributed by atoms with Gasteiger partial charge in [0.15, 0.2) is 0 Å². The predicted molar refractivity (Wildman–Crippen MR) is 145 cm³/mol. The van der Waals surface area contributed by atoms with Gasteiger partial charge in [-0.3, -0.25) is 0 Å². The third kappa shape index (κ3) is 7.66. The summed E-state index contributed by atoms with van der Waals surface area (Å²) in [6, 6.07) is 22.1. The summed E-state index contributed by atoms with van der Waals surface area (Å²) in [5, 5.41) is 9.05. The molecule has 0 unspecified atom stereocenters. The van der Waals surface area contributed by atoms with Crippen LogP contribution in [0.5, 0.6) is 0 Å². The van der Waals surface area contributed by atoms with Gasteiger partial charge < -0.3 is 9.84 Å². The average Bonchev–Trinajstić information content (AvgIpc) is 2.87. The molecule has 0 saturated carbocycles. The summed E-state index contributed by atoms with van der Waals surface area (Å²) in [5.41, 5.74) is 10.7. The zero-order valence-corrected chi connectivity index (χ0v) is 21.4. The molecule has 184 valence electrons. The fraction of sp³-hybridized carbons (Fsp3) is 0.344. The second-order valence-electron chi connectivity index (χ2n) is 9.31. The average molecular weight is 471 g/mol. The van der Waals surface area contributed by atoms with Crippen LogP contribution in [0.3, 0.4) is 0 Å². The molecule has 0 amide bonds. The van der Waals surface area contributed by atoms with E-state index in [-0.39, 0.29) is 12.6 Å². The Bertz CT molecular complexity index is 1140. The second kappa shape index (κ2) is 13.1. The first kappa shape index (κ1) is 26.4. The number of aliphatic hydroxyl groups excluding tert-OH is 1. The van der Waals surface area contributed by atoms with Crippen LogP contribution < -0.4 is 0 Å². The fourth-order valence-electron chi connectivity index (χ4n) is 4.40. The van der Waals surface area contributed by atoms with Crippen molar-refractivity contribution in [2.75, 3.05) is 13.2 Å². The molecule has 3 nitrogen and oxygen atoms in total. The van der Waals surface area contributed by atoms with Gasteiger partial charge in [0.05, 0.1) is 6.61 Å². The van der Waals surface area contributed by atoms with Gasteiger partial charge in [-0.05, 0) is 84.9 Å². The van der Waals surface area contributed by atoms with Gasteiger partial charge in [-0.2, -0.15) is 0 Å². The number of hydrogen-bond donors (Lipinski definition) is 1. The van der Waals surface area contributed by atoms with E-state index >= 15 is 0 Å². The lowest BCUT2D eigenvalue weighted by atomic mass is 9.92. The molecule has 0 aliphatic carbocycles. The molecule has 0 aliphatic heterocycles. The van der Waals surface area contributed by atoms with Gasteiger partial charge >= 0.3 is 5.97 Å². The van der Waals surface area contributed by atoms with E-state index in [1.165, 1.54) is 44.5 Å². The molecule has 3 aromatic rings. The van der Waals surface area contributed by atoms with Crippen LogP contribution in [0.15, 0.2) is 72.8 Å². The fourth-order valence-corrected chi connectivity index (χ4v) is 4.40. The number of aryl methyl sites for hydroxylation is 5. The summed E-state index contributed by atoms with van der Waals surface area (Å²) in [5.74, 6) is -0.328. The summed E-state index contributed by atoms with van der Waals surface area (Å²) in [4.78, 5) is 11.7. The van der Waals surface area contributed by atoms with Gasteiger partial charge in [0.2, 0.25) is 0 Å². The van der Waals surface area contributed by atoms with Crippen LogP contribution in [0.1, 0.15) is 53.6 Å². The van der Waals surface area contributed by atoms with Gasteiger partial charge in [0.25, 0.3) is 0 Å². The number of rotatable bonds is 12. The highest BCUT2D eigenvalue weighted by molar-refractivity contribution is 5.86. The number of hydrogen-bond acceptors (Lipinski definition) is 3. The Morgan fingerprint density at radius 2 is 1.60 bits per heavy atom. The van der Waals surface area contributed by atoms with Gasteiger partial charge in [-0.15, -0.1) is 0 Å². The van der Waals surface area contributed by atoms with Crippen LogP contribution in [-0.4, -0.2) is 24.3 Å². The molecule has 0 radical (unpaired) electrons. The number of aliphatic hydroxyl groups is 1. The van der Waals surface area contributed by atoms with Crippen LogP contribution in [0, 0.1) is 6.92 Å². The molecule has 0 atom stereocenters. The minimum absolute atomic E-state index is 0.232. The van der Waals surface area contributed by atoms with Crippen molar-refractivity contribution in [1.29, 1.82) is 0 Å². The molecule has 3 rings (SSSR count). The van der Waals surface area contributed by atoms with Crippen molar-refractivity contribution in [2.24, 2.45) is 0 Å². The van der Waals surface area contributed by atoms with E-state index in [9.17, 15) is 4.79 Å². The summed E-state index contributed by atoms with van der Waals surface area (Å²) in [6.07, 6.45) is 5.33. The highest BCUT2D eigenvalue weighted by Gasteiger charge is 2.09. The van der Waals surface area contributed by atoms with E-state index in [1.807, 2.05) is 0 Å². The Labute approximate surface area is 210 Å². The Balaban J connectivity index is 1.69. The first-order chi connectivity index (χ1) is 16.9. The summed E-state index contributed by atoms with van der Waals surface area (Å²) in [6.45, 7) is 10.2. The minimum Gasteiger partial charge on any atom is -0.462 e. The van der Waals surface area contributed by atoms with Gasteiger partial charge in [-0.25, -0.2) is 4.79 Å². The maximum Gasteiger partial charge on any atom is 0.333 e. The Morgan fingerprint density at radius 1 is 0.857 bits per heavy atom. The number of carbonyl (C=O) groups excluding carboxylic acids is 1. The number of carbonyl (C=O) groups is 1. The Morgan fingerprint density at radius 3 is 2.29 bits per heavy atom. The van der Waals surface area contributed by atoms with Gasteiger partial charge in [-0.1, -0.05) is 79.7 Å². The molecule has 0 fully saturated rings. The maximum absolute atomic E-state index is 11.7. The molecule has 1 N–H and O–H groups in total. The molecule has 3 heteroatoms. The molecule has 35 heavy (non-hydrogen) atoms. The molecule has 0 aliphatic rings. The molecular weight excluding hydrogens is 432 g/mol. The highest BCUT2D eigenvalue weighted by atomic mass is 16.5. The van der Waals surface area contributed by atoms with E-state index in [0.717, 1.165) is 32.1 Å². The van der Waals surface area contributed by atoms with Crippen molar-refractivity contribution < 1.29 is 14.6 Å². The normalized spacial score (nSPS) is 10.9. The smallest absolute Gasteiger partial charge is 0.333 e. The molecule has 0 aromatic heterocycles. The zero-order chi connectivity index (χ0) is 25.2. The van der Waals surface area contributed by atoms with E-state index in [4.69, 9.17) is 9.84 Å². The molecule has 0 bridgehead atoms. The quantitative estimate of drug-likeness (QED) is 0.240. The molecule has 0 heterocycles. The van der Waals surface area contributed by atoms with Crippen LogP contribution in [0.25, 0.3) is 11.1 Å². The van der Waals surface area contributed by atoms with E-state index < -0.39 is 0 Å². The Hall–Kier alpha value is -3.17. The van der Waals surface area contributed by atoms with Crippen molar-refractivity contribution in [2.45, 2.75) is 59.3 Å². The van der Waals surface area contributed by atoms with Crippen LogP contribution in [0.2, 0.25) is 0 Å². The van der Waals surface area contributed by atoms with Crippen molar-refractivity contribution >= 4 is 5.97 Å². The topological polar surface area (TPSA) is 46.5 Å². The monoisotopic (exact) mass is 470 g/mol. The van der Waals surface area contributed by atoms with Gasteiger partial charge in [0.1, 0.15) is 0 Å². The second-order valence-corrected chi connectivity index (χ2v) is 9.31. The molecule has 3 aromatic carbocycles. The van der Waals surface area contributed by atoms with Crippen molar-refractivity contribution in [3.63, 3.8) is 0 Å². The molecule has 0 saturated heterocycles. The van der Waals surface area contributed by atoms with Crippen molar-refractivity contribution in [3.8, 4) is 11.1 Å². The standard InChI is InChI=1S/C32H38O3/c1-5-27-22-26(12-17-31(27)29-15-9-25(10-16-29)7-6-19-33)11-14-28-13-8-24(4)21-30(28)18-20-35-32(34)23(2)3/h8-10,12-13,15-17,21-22,33H,2,5-7,11,14,18-20H2,1,3-4H3. The third-order valence-corrected chi connectivity index (χ3v) is 6.44. The van der Waals surface area contributed by atoms with Crippen molar-refractivity contribution in [1.82, 2.24) is 0 Å². The van der Waals surface area contributed by atoms with E-state index in [1.54, 1.807) is 6.92 Å². The summed E-state index contributed by atoms with van der Waals surface area (Å²) >= 11 is 0. The first-order valence-corrected chi connectivity index (χ1v) is 12.6. The first-order valence-electron chi connectivity index (χ1n) is 12.6. The maximum atomic E-state index is 11.7. The zero-order valence-electron chi connectivity index (χ0n) is 21.4. The van der Waals surface area contributed by atoms with Gasteiger partial charge in [0, 0.05) is 18.6 Å². The van der Waals surface area contributed by atoms with E-state index in [2.05, 4.69) is 81.1 Å². The minimum atomic E-state index is -0.328. The highest BCUT2D eigenvalue weighted by Crippen LogP contribution is 2.27. The SMILES string of the molecule is C=C(C)C(=O)OCCc1cc(C)ccc1CCc1ccc(-c2ccc(CCCO)cc2)c(CC)c1. The lowest BCUT2D eigenvalue weighted by Gasteiger charge is -2.14. The van der Waals surface area contributed by atoms with E-state index in [0.29, 0.717) is 18.6 Å². The summed E-state index contributed by atoms with van der Waals surface area (Å²) in [7, 11) is 0. The predicted octanol–water partition coefficient (Wildman–Crippen LogP) is 6.60. The number of benzene rings is 3. The summed E-state index contributed by atoms with van der Waals surface area (Å²) < 4.78 is 5.33. The Kier molecular flexibility index (Phi) is 9.86. The number of esters is 1. The largest absolute Gasteiger partial charge is 0.462 e.